The van der Waals surface area contributed by atoms with Gasteiger partial charge in [-0.2, -0.15) is 0 Å². The van der Waals surface area contributed by atoms with E-state index in [4.69, 9.17) is 0 Å². The van der Waals surface area contributed by atoms with Gasteiger partial charge in [-0.15, -0.1) is 0 Å². The fourth-order valence-corrected chi connectivity index (χ4v) is 3.40. The highest BCUT2D eigenvalue weighted by molar-refractivity contribution is 6.50. The van der Waals surface area contributed by atoms with Gasteiger partial charge in [0.2, 0.25) is 0 Å². The molecule has 3 nitrogen and oxygen atoms in total. The van der Waals surface area contributed by atoms with Crippen molar-refractivity contribution in [2.45, 2.75) is 59.3 Å². The lowest BCUT2D eigenvalue weighted by molar-refractivity contribution is 0.681. The van der Waals surface area contributed by atoms with E-state index in [-0.39, 0.29) is 0 Å². The number of nitrogens with one attached hydrogen (secondary N) is 3. The van der Waals surface area contributed by atoms with Crippen molar-refractivity contribution >= 4 is 9.28 Å². The van der Waals surface area contributed by atoms with Gasteiger partial charge < -0.3 is 14.9 Å². The monoisotopic (exact) mass is 245 g/mol. The van der Waals surface area contributed by atoms with E-state index in [1.807, 2.05) is 0 Å². The molecule has 0 saturated heterocycles. The largest absolute Gasteiger partial charge is 0.316 e. The van der Waals surface area contributed by atoms with Crippen molar-refractivity contribution in [2.75, 3.05) is 19.6 Å². The molecule has 0 saturated carbocycles. The van der Waals surface area contributed by atoms with Crippen LogP contribution in [0.5, 0.6) is 0 Å². The summed E-state index contributed by atoms with van der Waals surface area (Å²) < 4.78 is 0. The maximum absolute atomic E-state index is 3.66. The molecule has 0 aliphatic heterocycles. The first kappa shape index (κ1) is 16.1. The van der Waals surface area contributed by atoms with Crippen LogP contribution in [0.2, 0.25) is 0 Å². The van der Waals surface area contributed by atoms with Crippen molar-refractivity contribution in [1.82, 2.24) is 14.9 Å². The van der Waals surface area contributed by atoms with Crippen LogP contribution in [0, 0.1) is 0 Å². The Morgan fingerprint density at radius 2 is 0.938 bits per heavy atom. The summed E-state index contributed by atoms with van der Waals surface area (Å²) in [5.41, 5.74) is 0. The Balaban J connectivity index is 3.58. The van der Waals surface area contributed by atoms with Crippen molar-refractivity contribution in [3.8, 4) is 0 Å². The van der Waals surface area contributed by atoms with Gasteiger partial charge in [-0.25, -0.2) is 0 Å². The van der Waals surface area contributed by atoms with Crippen molar-refractivity contribution in [2.24, 2.45) is 0 Å². The average molecular weight is 245 g/mol. The third-order valence-corrected chi connectivity index (χ3v) is 4.73. The van der Waals surface area contributed by atoms with E-state index >= 15 is 0 Å². The summed E-state index contributed by atoms with van der Waals surface area (Å²) in [7, 11) is -1.08. The summed E-state index contributed by atoms with van der Waals surface area (Å²) in [6.45, 7) is 10.2. The zero-order chi connectivity index (χ0) is 12.1. The van der Waals surface area contributed by atoms with Crippen LogP contribution in [-0.4, -0.2) is 28.9 Å². The molecule has 0 aliphatic rings. The SMILES string of the molecule is CCCCN[SiH](NCCCC)NCCCC. The molecule has 98 valence electrons. The molecule has 0 aromatic heterocycles. The second-order valence-corrected chi connectivity index (χ2v) is 6.45. The normalized spacial score (nSPS) is 11.2. The Hall–Kier alpha value is 0.0969. The molecule has 0 unspecified atom stereocenters. The van der Waals surface area contributed by atoms with Gasteiger partial charge in [0.25, 0.3) is 9.28 Å². The molecule has 3 N–H and O–H groups in total. The van der Waals surface area contributed by atoms with Gasteiger partial charge in [0.1, 0.15) is 0 Å². The van der Waals surface area contributed by atoms with Crippen LogP contribution < -0.4 is 14.9 Å². The molecule has 4 heteroatoms. The van der Waals surface area contributed by atoms with Crippen molar-refractivity contribution in [3.63, 3.8) is 0 Å². The standard InChI is InChI=1S/C12H31N3Si/c1-4-7-10-13-16(14-11-8-5-2)15-12-9-6-3/h13-16H,4-12H2,1-3H3. The Bertz CT molecular complexity index is 110. The topological polar surface area (TPSA) is 36.1 Å². The Morgan fingerprint density at radius 1 is 0.625 bits per heavy atom. The fraction of sp³-hybridized carbons (Fsp3) is 1.00. The maximum Gasteiger partial charge on any atom is 0.264 e. The number of rotatable bonds is 12. The molecule has 0 heterocycles. The zero-order valence-corrected chi connectivity index (χ0v) is 12.6. The van der Waals surface area contributed by atoms with E-state index in [1.165, 1.54) is 38.5 Å². The highest BCUT2D eigenvalue weighted by atomic mass is 28.3. The molecular weight excluding hydrogens is 214 g/mol. The van der Waals surface area contributed by atoms with Gasteiger partial charge in [0.15, 0.2) is 0 Å². The molecule has 0 radical (unpaired) electrons. The van der Waals surface area contributed by atoms with E-state index in [0.29, 0.717) is 0 Å². The zero-order valence-electron chi connectivity index (χ0n) is 11.4. The molecule has 0 atom stereocenters. The van der Waals surface area contributed by atoms with Crippen LogP contribution >= 0.6 is 0 Å². The van der Waals surface area contributed by atoms with Gasteiger partial charge in [0, 0.05) is 0 Å². The van der Waals surface area contributed by atoms with Crippen LogP contribution in [0.3, 0.4) is 0 Å². The van der Waals surface area contributed by atoms with Gasteiger partial charge in [-0.1, -0.05) is 40.0 Å². The third-order valence-electron chi connectivity index (χ3n) is 2.64. The van der Waals surface area contributed by atoms with E-state index < -0.39 is 9.28 Å². The number of hydrogen-bond acceptors (Lipinski definition) is 3. The molecule has 0 amide bonds. The minimum atomic E-state index is -1.08. The summed E-state index contributed by atoms with van der Waals surface area (Å²) in [5.74, 6) is 0. The quantitative estimate of drug-likeness (QED) is 0.363. The molecule has 0 fully saturated rings. The van der Waals surface area contributed by atoms with E-state index in [9.17, 15) is 0 Å². The minimum Gasteiger partial charge on any atom is -0.316 e. The maximum atomic E-state index is 3.66. The molecule has 0 aliphatic carbocycles. The number of hydrogen-bond donors (Lipinski definition) is 3. The molecule has 0 aromatic rings. The first-order chi connectivity index (χ1) is 7.85. The molecule has 0 spiro atoms. The molecule has 0 bridgehead atoms. The first-order valence-electron chi connectivity index (χ1n) is 7.05. The molecule has 0 rings (SSSR count). The lowest BCUT2D eigenvalue weighted by Crippen LogP contribution is -2.58. The van der Waals surface area contributed by atoms with Crippen LogP contribution in [0.4, 0.5) is 0 Å². The lowest BCUT2D eigenvalue weighted by atomic mass is 10.3. The van der Waals surface area contributed by atoms with Gasteiger partial charge >= 0.3 is 0 Å². The fourth-order valence-electron chi connectivity index (χ4n) is 1.49. The van der Waals surface area contributed by atoms with E-state index in [2.05, 4.69) is 35.7 Å². The van der Waals surface area contributed by atoms with E-state index in [0.717, 1.165) is 19.6 Å². The second-order valence-electron chi connectivity index (χ2n) is 4.36. The van der Waals surface area contributed by atoms with Gasteiger partial charge in [0.05, 0.1) is 0 Å². The van der Waals surface area contributed by atoms with Crippen LogP contribution in [0.1, 0.15) is 59.3 Å². The summed E-state index contributed by atoms with van der Waals surface area (Å²) >= 11 is 0. The van der Waals surface area contributed by atoms with Gasteiger partial charge in [-0.3, -0.25) is 0 Å². The molecule has 0 aromatic carbocycles. The predicted molar refractivity (Wildman–Crippen MR) is 75.9 cm³/mol. The first-order valence-corrected chi connectivity index (χ1v) is 8.78. The minimum absolute atomic E-state index is 1.08. The summed E-state index contributed by atoms with van der Waals surface area (Å²) in [5, 5.41) is 0. The molecule has 16 heavy (non-hydrogen) atoms. The van der Waals surface area contributed by atoms with Gasteiger partial charge in [-0.05, 0) is 38.9 Å². The molecular formula is C12H31N3Si. The third kappa shape index (κ3) is 10.6. The summed E-state index contributed by atoms with van der Waals surface area (Å²) in [6, 6.07) is 0. The van der Waals surface area contributed by atoms with Crippen LogP contribution in [0.15, 0.2) is 0 Å². The Morgan fingerprint density at radius 3 is 1.19 bits per heavy atom. The predicted octanol–water partition coefficient (Wildman–Crippen LogP) is 1.87. The lowest BCUT2D eigenvalue weighted by Gasteiger charge is -2.19. The van der Waals surface area contributed by atoms with Crippen LogP contribution in [0.25, 0.3) is 0 Å². The van der Waals surface area contributed by atoms with Crippen LogP contribution in [-0.2, 0) is 0 Å². The van der Waals surface area contributed by atoms with E-state index in [1.54, 1.807) is 0 Å². The smallest absolute Gasteiger partial charge is 0.264 e. The summed E-state index contributed by atoms with van der Waals surface area (Å²) in [6.07, 6.45) is 7.69. The van der Waals surface area contributed by atoms with Crippen molar-refractivity contribution in [1.29, 1.82) is 0 Å². The number of unbranched alkanes of at least 4 members (excludes halogenated alkanes) is 3. The highest BCUT2D eigenvalue weighted by Crippen LogP contribution is 1.86. The Kier molecular flexibility index (Phi) is 13.2. The highest BCUT2D eigenvalue weighted by Gasteiger charge is 2.07. The van der Waals surface area contributed by atoms with Crippen molar-refractivity contribution < 1.29 is 0 Å². The average Bonchev–Trinajstić information content (AvgIpc) is 2.29. The second kappa shape index (κ2) is 13.2. The van der Waals surface area contributed by atoms with Crippen molar-refractivity contribution in [3.05, 3.63) is 0 Å². The summed E-state index contributed by atoms with van der Waals surface area (Å²) in [4.78, 5) is 11.0. The Labute approximate surface area is 104 Å².